The summed E-state index contributed by atoms with van der Waals surface area (Å²) in [6.07, 6.45) is -2.73. The van der Waals surface area contributed by atoms with Gasteiger partial charge in [-0.25, -0.2) is 4.99 Å². The van der Waals surface area contributed by atoms with Gasteiger partial charge in [0.15, 0.2) is 0 Å². The minimum absolute atomic E-state index is 0.140. The molecule has 8 heteroatoms. The quantitative estimate of drug-likeness (QED) is 0.827. The lowest BCUT2D eigenvalue weighted by Gasteiger charge is -2.28. The van der Waals surface area contributed by atoms with E-state index in [4.69, 9.17) is 0 Å². The molecule has 1 aliphatic carbocycles. The molecular formula is C17H16F3N3O2. The van der Waals surface area contributed by atoms with Crippen LogP contribution in [-0.2, 0) is 9.59 Å². The van der Waals surface area contributed by atoms with E-state index in [2.05, 4.69) is 11.6 Å². The molecule has 0 spiro atoms. The van der Waals surface area contributed by atoms with Crippen LogP contribution in [0.1, 0.15) is 18.4 Å². The molecule has 25 heavy (non-hydrogen) atoms. The lowest BCUT2D eigenvalue weighted by Crippen LogP contribution is -2.63. The lowest BCUT2D eigenvalue weighted by atomic mass is 10.1. The molecular weight excluding hydrogens is 335 g/mol. The van der Waals surface area contributed by atoms with Crippen molar-refractivity contribution in [1.29, 1.82) is 0 Å². The Kier molecular flexibility index (Phi) is 4.14. The Morgan fingerprint density at radius 2 is 2.00 bits per heavy atom. The number of hydrogen-bond acceptors (Lipinski definition) is 3. The second kappa shape index (κ2) is 6.02. The van der Waals surface area contributed by atoms with E-state index in [-0.39, 0.29) is 12.4 Å². The molecule has 132 valence electrons. The maximum absolute atomic E-state index is 13.8. The van der Waals surface area contributed by atoms with E-state index in [1.165, 1.54) is 6.08 Å². The van der Waals surface area contributed by atoms with E-state index >= 15 is 0 Å². The fourth-order valence-corrected chi connectivity index (χ4v) is 2.63. The van der Waals surface area contributed by atoms with Gasteiger partial charge in [0.05, 0.1) is 0 Å². The minimum atomic E-state index is -5.06. The van der Waals surface area contributed by atoms with Gasteiger partial charge in [0.1, 0.15) is 5.84 Å². The summed E-state index contributed by atoms with van der Waals surface area (Å²) >= 11 is 0. The molecule has 5 nitrogen and oxygen atoms in total. The van der Waals surface area contributed by atoms with Gasteiger partial charge in [-0.2, -0.15) is 13.2 Å². The summed E-state index contributed by atoms with van der Waals surface area (Å²) < 4.78 is 41.5. The summed E-state index contributed by atoms with van der Waals surface area (Å²) in [5.74, 6) is -2.76. The molecule has 2 amide bonds. The van der Waals surface area contributed by atoms with Crippen molar-refractivity contribution in [2.45, 2.75) is 24.7 Å². The first kappa shape index (κ1) is 17.2. The normalized spacial score (nSPS) is 23.4. The number of benzene rings is 1. The van der Waals surface area contributed by atoms with E-state index in [1.54, 1.807) is 30.3 Å². The number of aliphatic imine (C=N–C) groups is 1. The van der Waals surface area contributed by atoms with Crippen molar-refractivity contribution in [3.05, 3.63) is 48.6 Å². The molecule has 1 aromatic rings. The minimum Gasteiger partial charge on any atom is -0.316 e. The Labute approximate surface area is 142 Å². The maximum Gasteiger partial charge on any atom is 0.442 e. The maximum atomic E-state index is 13.8. The van der Waals surface area contributed by atoms with Gasteiger partial charge in [0.25, 0.3) is 5.91 Å². The predicted octanol–water partition coefficient (Wildman–Crippen LogP) is 2.25. The topological polar surface area (TPSA) is 61.8 Å². The number of hydrogen-bond donors (Lipinski definition) is 1. The van der Waals surface area contributed by atoms with Gasteiger partial charge in [-0.3, -0.25) is 14.5 Å². The summed E-state index contributed by atoms with van der Waals surface area (Å²) in [6, 6.07) is 8.06. The zero-order chi connectivity index (χ0) is 18.2. The Hall–Kier alpha value is -2.64. The van der Waals surface area contributed by atoms with Crippen molar-refractivity contribution < 1.29 is 22.8 Å². The molecule has 0 saturated heterocycles. The van der Waals surface area contributed by atoms with E-state index < -0.39 is 29.6 Å². The number of amidine groups is 1. The molecule has 0 bridgehead atoms. The highest BCUT2D eigenvalue weighted by Crippen LogP contribution is 2.40. The molecule has 1 aliphatic heterocycles. The number of carbonyl (C=O) groups excluding carboxylic acids is 2. The standard InChI is InChI=1S/C17H16F3N3O2/c1-2-10-23-13(11-6-4-3-5-7-11)21-16(15(23)25,17(18,19)20)22-14(24)12-8-9-12/h2-7,12H,1,8-10H2,(H,22,24)/t16-/m1/s1. The molecule has 3 rings (SSSR count). The van der Waals surface area contributed by atoms with Crippen LogP contribution in [0.4, 0.5) is 13.2 Å². The summed E-state index contributed by atoms with van der Waals surface area (Å²) in [5, 5.41) is 1.86. The van der Waals surface area contributed by atoms with Gasteiger partial charge < -0.3 is 5.32 Å². The second-order valence-electron chi connectivity index (χ2n) is 5.98. The summed E-state index contributed by atoms with van der Waals surface area (Å²) in [5.41, 5.74) is -2.94. The Morgan fingerprint density at radius 3 is 2.52 bits per heavy atom. The number of amides is 2. The highest BCUT2D eigenvalue weighted by Gasteiger charge is 2.67. The summed E-state index contributed by atoms with van der Waals surface area (Å²) in [4.78, 5) is 29.2. The number of rotatable bonds is 5. The first-order chi connectivity index (χ1) is 11.8. The van der Waals surface area contributed by atoms with Crippen LogP contribution in [0.5, 0.6) is 0 Å². The van der Waals surface area contributed by atoms with E-state index in [0.29, 0.717) is 18.4 Å². The van der Waals surface area contributed by atoms with Crippen LogP contribution >= 0.6 is 0 Å². The van der Waals surface area contributed by atoms with Crippen molar-refractivity contribution in [2.75, 3.05) is 6.54 Å². The number of carbonyl (C=O) groups is 2. The Morgan fingerprint density at radius 1 is 1.36 bits per heavy atom. The molecule has 0 radical (unpaired) electrons. The molecule has 0 unspecified atom stereocenters. The number of alkyl halides is 3. The first-order valence-corrected chi connectivity index (χ1v) is 7.77. The van der Waals surface area contributed by atoms with Crippen LogP contribution in [0.25, 0.3) is 0 Å². The van der Waals surface area contributed by atoms with Gasteiger partial charge >= 0.3 is 11.8 Å². The van der Waals surface area contributed by atoms with Gasteiger partial charge in [-0.1, -0.05) is 36.4 Å². The SMILES string of the molecule is C=CCN1C(=O)[C@@](NC(=O)C2CC2)(C(F)(F)F)N=C1c1ccccc1. The molecule has 1 N–H and O–H groups in total. The molecule has 2 aliphatic rings. The largest absolute Gasteiger partial charge is 0.442 e. The molecule has 0 aromatic heterocycles. The third-order valence-corrected chi connectivity index (χ3v) is 4.09. The third-order valence-electron chi connectivity index (χ3n) is 4.09. The van der Waals surface area contributed by atoms with Crippen LogP contribution in [0.2, 0.25) is 0 Å². The van der Waals surface area contributed by atoms with Crippen LogP contribution in [0.15, 0.2) is 48.0 Å². The molecule has 1 atom stereocenters. The smallest absolute Gasteiger partial charge is 0.316 e. The molecule has 1 aromatic carbocycles. The average molecular weight is 351 g/mol. The lowest BCUT2D eigenvalue weighted by molar-refractivity contribution is -0.200. The summed E-state index contributed by atoms with van der Waals surface area (Å²) in [7, 11) is 0. The monoisotopic (exact) mass is 351 g/mol. The van der Waals surface area contributed by atoms with Crippen molar-refractivity contribution in [3.8, 4) is 0 Å². The number of halogens is 3. The van der Waals surface area contributed by atoms with Crippen LogP contribution in [-0.4, -0.2) is 40.9 Å². The highest BCUT2D eigenvalue weighted by atomic mass is 19.4. The van der Waals surface area contributed by atoms with Crippen LogP contribution in [0, 0.1) is 5.92 Å². The fraction of sp³-hybridized carbons (Fsp3) is 0.353. The first-order valence-electron chi connectivity index (χ1n) is 7.77. The summed E-state index contributed by atoms with van der Waals surface area (Å²) in [6.45, 7) is 3.33. The molecule has 1 fully saturated rings. The van der Waals surface area contributed by atoms with Gasteiger partial charge in [0.2, 0.25) is 5.91 Å². The Bertz CT molecular complexity index is 741. The number of nitrogens with zero attached hydrogens (tertiary/aromatic N) is 2. The fourth-order valence-electron chi connectivity index (χ4n) is 2.63. The van der Waals surface area contributed by atoms with E-state index in [9.17, 15) is 22.8 Å². The van der Waals surface area contributed by atoms with Gasteiger partial charge in [-0.15, -0.1) is 6.58 Å². The van der Waals surface area contributed by atoms with Crippen LogP contribution < -0.4 is 5.32 Å². The van der Waals surface area contributed by atoms with Crippen molar-refractivity contribution in [2.24, 2.45) is 10.9 Å². The third kappa shape index (κ3) is 2.92. The zero-order valence-electron chi connectivity index (χ0n) is 13.2. The van der Waals surface area contributed by atoms with E-state index in [0.717, 1.165) is 4.90 Å². The average Bonchev–Trinajstić information content (AvgIpc) is 3.37. The van der Waals surface area contributed by atoms with Gasteiger partial charge in [0, 0.05) is 18.0 Å². The predicted molar refractivity (Wildman–Crippen MR) is 84.5 cm³/mol. The highest BCUT2D eigenvalue weighted by molar-refractivity contribution is 6.16. The zero-order valence-corrected chi connectivity index (χ0v) is 13.2. The van der Waals surface area contributed by atoms with Crippen molar-refractivity contribution in [3.63, 3.8) is 0 Å². The van der Waals surface area contributed by atoms with Crippen molar-refractivity contribution in [1.82, 2.24) is 10.2 Å². The van der Waals surface area contributed by atoms with Crippen molar-refractivity contribution >= 4 is 17.6 Å². The molecule has 1 heterocycles. The second-order valence-corrected chi connectivity index (χ2v) is 5.98. The molecule has 1 saturated carbocycles. The van der Waals surface area contributed by atoms with Gasteiger partial charge in [-0.05, 0) is 12.8 Å². The number of nitrogens with one attached hydrogen (secondary N) is 1. The Balaban J connectivity index is 2.09. The van der Waals surface area contributed by atoms with E-state index in [1.807, 2.05) is 5.32 Å². The van der Waals surface area contributed by atoms with Crippen LogP contribution in [0.3, 0.4) is 0 Å².